The molecule has 1 N–H and O–H groups in total. The lowest BCUT2D eigenvalue weighted by Gasteiger charge is -2.35. The van der Waals surface area contributed by atoms with Crippen LogP contribution in [-0.2, 0) is 11.3 Å². The molecule has 2 aromatic rings. The topological polar surface area (TPSA) is 54.5 Å². The van der Waals surface area contributed by atoms with Crippen LogP contribution in [0.1, 0.15) is 45.2 Å². The maximum Gasteiger partial charge on any atom is 0.239 e. The number of hydrogen-bond acceptors (Lipinski definition) is 4. The van der Waals surface area contributed by atoms with E-state index in [0.29, 0.717) is 31.2 Å². The number of carbonyl (C=O) groups excluding carboxylic acids is 1. The lowest BCUT2D eigenvalue weighted by atomic mass is 9.92. The van der Waals surface area contributed by atoms with Gasteiger partial charge in [-0.05, 0) is 48.6 Å². The van der Waals surface area contributed by atoms with Crippen LogP contribution in [0.4, 0.5) is 15.9 Å². The van der Waals surface area contributed by atoms with Crippen LogP contribution >= 0.6 is 0 Å². The van der Waals surface area contributed by atoms with Gasteiger partial charge in [-0.1, -0.05) is 32.9 Å². The van der Waals surface area contributed by atoms with Crippen LogP contribution in [0.25, 0.3) is 0 Å². The van der Waals surface area contributed by atoms with Gasteiger partial charge in [0.1, 0.15) is 23.4 Å². The monoisotopic (exact) mass is 385 g/mol. The summed E-state index contributed by atoms with van der Waals surface area (Å²) in [6.45, 7) is 11.3. The Bertz CT molecular complexity index is 859. The zero-order valence-electron chi connectivity index (χ0n) is 17.2. The van der Waals surface area contributed by atoms with Crippen molar-refractivity contribution in [2.24, 2.45) is 5.41 Å². The first-order valence-electron chi connectivity index (χ1n) is 9.58. The number of fused-ring (bicyclic) bond motifs is 1. The van der Waals surface area contributed by atoms with Crippen molar-refractivity contribution in [1.82, 2.24) is 4.98 Å². The van der Waals surface area contributed by atoms with E-state index >= 15 is 0 Å². The normalized spacial score (nSPS) is 16.4. The number of hydrogen-bond donors (Lipinski definition) is 1. The Balaban J connectivity index is 1.84. The summed E-state index contributed by atoms with van der Waals surface area (Å²) in [5, 5.41) is 2.91. The van der Waals surface area contributed by atoms with Gasteiger partial charge < -0.3 is 15.0 Å². The van der Waals surface area contributed by atoms with Crippen LogP contribution in [0.5, 0.6) is 5.88 Å². The Labute approximate surface area is 165 Å². The molecule has 0 saturated heterocycles. The van der Waals surface area contributed by atoms with Gasteiger partial charge in [-0.15, -0.1) is 0 Å². The Hall–Kier alpha value is -2.63. The molecule has 1 atom stereocenters. The number of amides is 1. The molecule has 0 radical (unpaired) electrons. The molecule has 3 rings (SSSR count). The van der Waals surface area contributed by atoms with Crippen molar-refractivity contribution in [3.63, 3.8) is 0 Å². The van der Waals surface area contributed by atoms with Crippen LogP contribution < -0.4 is 15.0 Å². The van der Waals surface area contributed by atoms with Crippen LogP contribution in [-0.4, -0.2) is 23.5 Å². The minimum atomic E-state index is -0.243. The highest BCUT2D eigenvalue weighted by atomic mass is 19.1. The maximum absolute atomic E-state index is 13.2. The zero-order valence-corrected chi connectivity index (χ0v) is 17.2. The van der Waals surface area contributed by atoms with Crippen LogP contribution in [0.15, 0.2) is 30.3 Å². The second kappa shape index (κ2) is 7.78. The van der Waals surface area contributed by atoms with Crippen molar-refractivity contribution in [3.8, 4) is 5.88 Å². The van der Waals surface area contributed by atoms with Gasteiger partial charge in [-0.2, -0.15) is 4.98 Å². The lowest BCUT2D eigenvalue weighted by molar-refractivity contribution is -0.117. The summed E-state index contributed by atoms with van der Waals surface area (Å²) in [4.78, 5) is 19.1. The third kappa shape index (κ3) is 5.00. The molecule has 5 nitrogen and oxygen atoms in total. The number of anilines is 2. The van der Waals surface area contributed by atoms with Gasteiger partial charge in [0.15, 0.2) is 0 Å². The molecular weight excluding hydrogens is 357 g/mol. The quantitative estimate of drug-likeness (QED) is 0.829. The summed E-state index contributed by atoms with van der Waals surface area (Å²) in [6.07, 6.45) is 0.375. The molecular formula is C22H28FN3O2. The molecule has 1 unspecified atom stereocenters. The first-order chi connectivity index (χ1) is 13.1. The number of carbonyl (C=O) groups is 1. The number of ether oxygens (including phenoxy) is 1. The summed E-state index contributed by atoms with van der Waals surface area (Å²) in [5.41, 5.74) is 2.68. The van der Waals surface area contributed by atoms with Crippen molar-refractivity contribution in [2.75, 3.05) is 16.8 Å². The van der Waals surface area contributed by atoms with Gasteiger partial charge in [0.25, 0.3) is 0 Å². The highest BCUT2D eigenvalue weighted by Gasteiger charge is 2.26. The fraction of sp³-hybridized carbons (Fsp3) is 0.455. The Morgan fingerprint density at radius 1 is 1.32 bits per heavy atom. The standard InChI is InChI=1S/C22H28FN3O2/c1-14-10-18-21(25-20(14)24-19(27)11-22(3,4)5)28-15(2)12-26(18)13-16-6-8-17(23)9-7-16/h6-10,15H,11-13H2,1-5H3,(H,24,25,27). The molecule has 28 heavy (non-hydrogen) atoms. The Kier molecular flexibility index (Phi) is 5.59. The first-order valence-corrected chi connectivity index (χ1v) is 9.58. The lowest BCUT2D eigenvalue weighted by Crippen LogP contribution is -2.38. The average molecular weight is 385 g/mol. The highest BCUT2D eigenvalue weighted by molar-refractivity contribution is 5.91. The van der Waals surface area contributed by atoms with E-state index in [1.807, 2.05) is 40.7 Å². The molecule has 6 heteroatoms. The van der Waals surface area contributed by atoms with E-state index in [4.69, 9.17) is 4.74 Å². The third-order valence-corrected chi connectivity index (χ3v) is 4.53. The minimum Gasteiger partial charge on any atom is -0.471 e. The molecule has 0 aliphatic carbocycles. The predicted octanol–water partition coefficient (Wildman–Crippen LogP) is 4.69. The Morgan fingerprint density at radius 2 is 2.00 bits per heavy atom. The number of aromatic nitrogens is 1. The van der Waals surface area contributed by atoms with Gasteiger partial charge in [0.2, 0.25) is 11.8 Å². The fourth-order valence-corrected chi connectivity index (χ4v) is 3.28. The highest BCUT2D eigenvalue weighted by Crippen LogP contribution is 2.36. The van der Waals surface area contributed by atoms with E-state index in [1.165, 1.54) is 12.1 Å². The van der Waals surface area contributed by atoms with Crippen molar-refractivity contribution in [2.45, 2.75) is 53.7 Å². The molecule has 0 saturated carbocycles. The predicted molar refractivity (Wildman–Crippen MR) is 109 cm³/mol. The van der Waals surface area contributed by atoms with Crippen LogP contribution in [0.3, 0.4) is 0 Å². The van der Waals surface area contributed by atoms with E-state index in [2.05, 4.69) is 15.2 Å². The summed E-state index contributed by atoms with van der Waals surface area (Å²) < 4.78 is 19.1. The molecule has 1 amide bonds. The van der Waals surface area contributed by atoms with E-state index in [-0.39, 0.29) is 23.2 Å². The van der Waals surface area contributed by atoms with Crippen molar-refractivity contribution < 1.29 is 13.9 Å². The second-order valence-corrected chi connectivity index (χ2v) is 8.70. The smallest absolute Gasteiger partial charge is 0.239 e. The summed E-state index contributed by atoms with van der Waals surface area (Å²) in [6, 6.07) is 8.51. The van der Waals surface area contributed by atoms with Crippen LogP contribution in [0.2, 0.25) is 0 Å². The molecule has 2 heterocycles. The average Bonchev–Trinajstić information content (AvgIpc) is 2.56. The van der Waals surface area contributed by atoms with Gasteiger partial charge >= 0.3 is 0 Å². The number of aryl methyl sites for hydroxylation is 1. The molecule has 1 aromatic carbocycles. The molecule has 1 aliphatic rings. The molecule has 0 spiro atoms. The number of benzene rings is 1. The van der Waals surface area contributed by atoms with Gasteiger partial charge in [0.05, 0.1) is 6.54 Å². The Morgan fingerprint density at radius 3 is 2.64 bits per heavy atom. The second-order valence-electron chi connectivity index (χ2n) is 8.70. The van der Waals surface area contributed by atoms with E-state index in [0.717, 1.165) is 16.8 Å². The molecule has 150 valence electrons. The number of rotatable bonds is 4. The molecule has 1 aliphatic heterocycles. The molecule has 1 aromatic heterocycles. The van der Waals surface area contributed by atoms with Gasteiger partial charge in [-0.3, -0.25) is 4.79 Å². The third-order valence-electron chi connectivity index (χ3n) is 4.53. The minimum absolute atomic E-state index is 0.0405. The molecule has 0 fully saturated rings. The fourth-order valence-electron chi connectivity index (χ4n) is 3.28. The van der Waals surface area contributed by atoms with E-state index in [9.17, 15) is 9.18 Å². The van der Waals surface area contributed by atoms with Gasteiger partial charge in [-0.25, -0.2) is 4.39 Å². The van der Waals surface area contributed by atoms with Crippen LogP contribution in [0, 0.1) is 18.2 Å². The maximum atomic E-state index is 13.2. The molecule has 0 bridgehead atoms. The summed E-state index contributed by atoms with van der Waals surface area (Å²) >= 11 is 0. The van der Waals surface area contributed by atoms with Crippen molar-refractivity contribution in [3.05, 3.63) is 47.3 Å². The SMILES string of the molecule is Cc1cc2c(nc1NC(=O)CC(C)(C)C)OC(C)CN2Cc1ccc(F)cc1. The summed E-state index contributed by atoms with van der Waals surface area (Å²) in [5.74, 6) is 0.740. The van der Waals surface area contributed by atoms with Crippen molar-refractivity contribution >= 4 is 17.4 Å². The zero-order chi connectivity index (χ0) is 20.5. The van der Waals surface area contributed by atoms with Crippen molar-refractivity contribution in [1.29, 1.82) is 0 Å². The van der Waals surface area contributed by atoms with Gasteiger partial charge in [0, 0.05) is 13.0 Å². The number of nitrogens with one attached hydrogen (secondary N) is 1. The first kappa shape index (κ1) is 20.1. The van der Waals surface area contributed by atoms with E-state index in [1.54, 1.807) is 12.1 Å². The summed E-state index contributed by atoms with van der Waals surface area (Å²) in [7, 11) is 0. The number of halogens is 1. The number of pyridine rings is 1. The largest absolute Gasteiger partial charge is 0.471 e. The van der Waals surface area contributed by atoms with E-state index < -0.39 is 0 Å². The number of nitrogens with zero attached hydrogens (tertiary/aromatic N) is 2.